The Morgan fingerprint density at radius 3 is 2.94 bits per heavy atom. The summed E-state index contributed by atoms with van der Waals surface area (Å²) in [6.45, 7) is 0. The quantitative estimate of drug-likeness (QED) is 0.586. The normalized spacial score (nSPS) is 10.4. The average molecular weight is 235 g/mol. The molecule has 1 aromatic heterocycles. The van der Waals surface area contributed by atoms with Gasteiger partial charge >= 0.3 is 5.97 Å². The zero-order valence-corrected chi connectivity index (χ0v) is 9.36. The molecule has 0 bridgehead atoms. The van der Waals surface area contributed by atoms with E-state index in [1.165, 1.54) is 13.2 Å². The van der Waals surface area contributed by atoms with Crippen LogP contribution >= 0.6 is 12.6 Å². The molecule has 16 heavy (non-hydrogen) atoms. The molecule has 1 heterocycles. The minimum absolute atomic E-state index is 0.0127. The average Bonchev–Trinajstić information content (AvgIpc) is 2.29. The number of aromatic hydroxyl groups is 1. The second-order valence-corrected chi connectivity index (χ2v) is 3.67. The maximum Gasteiger partial charge on any atom is 0.356 e. The lowest BCUT2D eigenvalue weighted by Crippen LogP contribution is -2.04. The molecule has 0 unspecified atom stereocenters. The van der Waals surface area contributed by atoms with Crippen molar-refractivity contribution in [1.29, 1.82) is 0 Å². The highest BCUT2D eigenvalue weighted by atomic mass is 32.1. The third kappa shape index (κ3) is 1.69. The van der Waals surface area contributed by atoms with Crippen LogP contribution in [0.15, 0.2) is 29.2 Å². The molecule has 0 aliphatic heterocycles. The largest absolute Gasteiger partial charge is 0.507 e. The van der Waals surface area contributed by atoms with Gasteiger partial charge in [-0.25, -0.2) is 9.78 Å². The summed E-state index contributed by atoms with van der Waals surface area (Å²) < 4.78 is 4.54. The van der Waals surface area contributed by atoms with Gasteiger partial charge in [0.05, 0.1) is 12.6 Å². The van der Waals surface area contributed by atoms with E-state index in [9.17, 15) is 9.90 Å². The summed E-state index contributed by atoms with van der Waals surface area (Å²) in [5.41, 5.74) is 0.542. The molecule has 0 saturated carbocycles. The fourth-order valence-electron chi connectivity index (χ4n) is 1.42. The second kappa shape index (κ2) is 4.02. The van der Waals surface area contributed by atoms with E-state index >= 15 is 0 Å². The number of hydrogen-bond acceptors (Lipinski definition) is 5. The molecule has 0 aliphatic carbocycles. The third-order valence-electron chi connectivity index (χ3n) is 2.19. The molecular formula is C11H9NO3S. The summed E-state index contributed by atoms with van der Waals surface area (Å²) in [5.74, 6) is -0.602. The van der Waals surface area contributed by atoms with Gasteiger partial charge in [0.25, 0.3) is 0 Å². The van der Waals surface area contributed by atoms with E-state index in [2.05, 4.69) is 22.3 Å². The highest BCUT2D eigenvalue weighted by molar-refractivity contribution is 7.80. The second-order valence-electron chi connectivity index (χ2n) is 3.19. The van der Waals surface area contributed by atoms with E-state index in [0.717, 1.165) is 0 Å². The molecule has 0 saturated heterocycles. The Balaban J connectivity index is 2.75. The maximum absolute atomic E-state index is 11.3. The summed E-state index contributed by atoms with van der Waals surface area (Å²) >= 11 is 4.22. The van der Waals surface area contributed by atoms with Gasteiger partial charge in [-0.2, -0.15) is 0 Å². The predicted octanol–water partition coefficient (Wildman–Crippen LogP) is 2.02. The number of fused-ring (bicyclic) bond motifs is 1. The van der Waals surface area contributed by atoms with Gasteiger partial charge in [0.1, 0.15) is 5.75 Å². The van der Waals surface area contributed by atoms with Gasteiger partial charge in [-0.15, -0.1) is 12.6 Å². The van der Waals surface area contributed by atoms with Crippen LogP contribution in [0, 0.1) is 0 Å². The lowest BCUT2D eigenvalue weighted by Gasteiger charge is -2.05. The Bertz CT molecular complexity index is 568. The van der Waals surface area contributed by atoms with E-state index < -0.39 is 5.97 Å². The fraction of sp³-hybridized carbons (Fsp3) is 0.0909. The Hall–Kier alpha value is -1.75. The molecule has 1 aromatic carbocycles. The first-order chi connectivity index (χ1) is 7.63. The first kappa shape index (κ1) is 10.8. The van der Waals surface area contributed by atoms with Gasteiger partial charge in [0.2, 0.25) is 0 Å². The highest BCUT2D eigenvalue weighted by Crippen LogP contribution is 2.28. The molecule has 5 heteroatoms. The Labute approximate surface area is 97.3 Å². The van der Waals surface area contributed by atoms with E-state index in [4.69, 9.17) is 0 Å². The molecule has 82 valence electrons. The van der Waals surface area contributed by atoms with Gasteiger partial charge in [-0.1, -0.05) is 6.07 Å². The SMILES string of the molecule is COC(=O)c1cc(O)c2cccc(S)c2n1. The van der Waals surface area contributed by atoms with E-state index in [1.54, 1.807) is 18.2 Å². The lowest BCUT2D eigenvalue weighted by atomic mass is 10.2. The van der Waals surface area contributed by atoms with Gasteiger partial charge in [0, 0.05) is 16.3 Å². The first-order valence-electron chi connectivity index (χ1n) is 4.53. The number of carbonyl (C=O) groups excluding carboxylic acids is 1. The number of methoxy groups -OCH3 is 1. The van der Waals surface area contributed by atoms with Crippen LogP contribution < -0.4 is 0 Å². The standard InChI is InChI=1S/C11H9NO3S/c1-15-11(14)7-5-8(13)6-3-2-4-9(16)10(6)12-7/h2-5,16H,1H3,(H,12,13). The molecule has 0 radical (unpaired) electrons. The number of rotatable bonds is 1. The van der Waals surface area contributed by atoms with Crippen LogP contribution in [0.1, 0.15) is 10.5 Å². The smallest absolute Gasteiger partial charge is 0.356 e. The zero-order chi connectivity index (χ0) is 11.7. The number of carbonyl (C=O) groups is 1. The number of benzene rings is 1. The van der Waals surface area contributed by atoms with Crippen LogP contribution in [0.5, 0.6) is 5.75 Å². The summed E-state index contributed by atoms with van der Waals surface area (Å²) in [4.78, 5) is 16.0. The van der Waals surface area contributed by atoms with Crippen molar-refractivity contribution in [3.63, 3.8) is 0 Å². The maximum atomic E-state index is 11.3. The van der Waals surface area contributed by atoms with Crippen molar-refractivity contribution < 1.29 is 14.6 Å². The number of aromatic nitrogens is 1. The summed E-state index contributed by atoms with van der Waals surface area (Å²) in [7, 11) is 1.26. The van der Waals surface area contributed by atoms with Crippen molar-refractivity contribution >= 4 is 29.5 Å². The van der Waals surface area contributed by atoms with E-state index in [1.807, 2.05) is 0 Å². The molecule has 0 spiro atoms. The first-order valence-corrected chi connectivity index (χ1v) is 4.98. The molecular weight excluding hydrogens is 226 g/mol. The number of pyridine rings is 1. The molecule has 0 atom stereocenters. The van der Waals surface area contributed by atoms with Crippen LogP contribution in [0.25, 0.3) is 10.9 Å². The van der Waals surface area contributed by atoms with Crippen LogP contribution in [0.4, 0.5) is 0 Å². The number of para-hydroxylation sites is 1. The van der Waals surface area contributed by atoms with E-state index in [-0.39, 0.29) is 11.4 Å². The molecule has 2 aromatic rings. The Morgan fingerprint density at radius 1 is 1.50 bits per heavy atom. The van der Waals surface area contributed by atoms with Crippen molar-refractivity contribution in [3.05, 3.63) is 30.0 Å². The van der Waals surface area contributed by atoms with Gasteiger partial charge in [-0.05, 0) is 12.1 Å². The number of ether oxygens (including phenoxy) is 1. The van der Waals surface area contributed by atoms with E-state index in [0.29, 0.717) is 15.8 Å². The van der Waals surface area contributed by atoms with Gasteiger partial charge in [0.15, 0.2) is 5.69 Å². The lowest BCUT2D eigenvalue weighted by molar-refractivity contribution is 0.0594. The number of nitrogens with zero attached hydrogens (tertiary/aromatic N) is 1. The monoisotopic (exact) mass is 235 g/mol. The Kier molecular flexibility index (Phi) is 2.70. The molecule has 4 nitrogen and oxygen atoms in total. The molecule has 0 aliphatic rings. The third-order valence-corrected chi connectivity index (χ3v) is 2.55. The van der Waals surface area contributed by atoms with Crippen molar-refractivity contribution in [3.8, 4) is 5.75 Å². The van der Waals surface area contributed by atoms with Gasteiger partial charge < -0.3 is 9.84 Å². The minimum atomic E-state index is -0.589. The number of thiol groups is 1. The number of hydrogen-bond donors (Lipinski definition) is 2. The topological polar surface area (TPSA) is 59.4 Å². The summed E-state index contributed by atoms with van der Waals surface area (Å²) in [6, 6.07) is 6.47. The Morgan fingerprint density at radius 2 is 2.25 bits per heavy atom. The molecule has 1 N–H and O–H groups in total. The van der Waals surface area contributed by atoms with Crippen LogP contribution in [-0.2, 0) is 4.74 Å². The number of esters is 1. The van der Waals surface area contributed by atoms with Crippen molar-refractivity contribution in [2.24, 2.45) is 0 Å². The van der Waals surface area contributed by atoms with Crippen molar-refractivity contribution in [2.45, 2.75) is 4.90 Å². The fourth-order valence-corrected chi connectivity index (χ4v) is 1.68. The van der Waals surface area contributed by atoms with Crippen LogP contribution in [-0.4, -0.2) is 23.2 Å². The van der Waals surface area contributed by atoms with Crippen LogP contribution in [0.2, 0.25) is 0 Å². The summed E-state index contributed by atoms with van der Waals surface area (Å²) in [6.07, 6.45) is 0. The minimum Gasteiger partial charge on any atom is -0.507 e. The molecule has 0 amide bonds. The predicted molar refractivity (Wildman–Crippen MR) is 62.0 cm³/mol. The molecule has 2 rings (SSSR count). The van der Waals surface area contributed by atoms with Crippen LogP contribution in [0.3, 0.4) is 0 Å². The summed E-state index contributed by atoms with van der Waals surface area (Å²) in [5, 5.41) is 10.3. The zero-order valence-electron chi connectivity index (χ0n) is 8.47. The molecule has 0 fully saturated rings. The van der Waals surface area contributed by atoms with Gasteiger partial charge in [-0.3, -0.25) is 0 Å². The highest BCUT2D eigenvalue weighted by Gasteiger charge is 2.12. The van der Waals surface area contributed by atoms with Crippen molar-refractivity contribution in [2.75, 3.05) is 7.11 Å². The van der Waals surface area contributed by atoms with Crippen molar-refractivity contribution in [1.82, 2.24) is 4.98 Å².